The summed E-state index contributed by atoms with van der Waals surface area (Å²) in [5.41, 5.74) is -0.718. The van der Waals surface area contributed by atoms with Crippen LogP contribution in [0.3, 0.4) is 0 Å². The molecule has 12 nitrogen and oxygen atoms in total. The minimum absolute atomic E-state index is 0.0635. The first kappa shape index (κ1) is 44.7. The molecule has 258 valence electrons. The molecular formula is C26H14Cl4I6N2O10. The molecule has 0 fully saturated rings. The number of nitrogens with zero attached hydrogens (tertiary/aromatic N) is 2. The van der Waals surface area contributed by atoms with Gasteiger partial charge >= 0.3 is 11.9 Å². The Morgan fingerprint density at radius 2 is 0.688 bits per heavy atom. The molecule has 0 radical (unpaired) electrons. The molecule has 0 spiro atoms. The number of rotatable bonds is 11. The predicted octanol–water partition coefficient (Wildman–Crippen LogP) is 7.32. The molecule has 0 bridgehead atoms. The maximum atomic E-state index is 14.2. The number of benzene rings is 2. The van der Waals surface area contributed by atoms with Gasteiger partial charge in [-0.3, -0.25) is 38.4 Å². The minimum Gasteiger partial charge on any atom is -0.448 e. The van der Waals surface area contributed by atoms with Crippen LogP contribution < -0.4 is 9.80 Å². The van der Waals surface area contributed by atoms with E-state index in [4.69, 9.17) is 55.9 Å². The van der Waals surface area contributed by atoms with Crippen LogP contribution in [-0.4, -0.2) is 71.0 Å². The molecule has 2 atom stereocenters. The number of amides is 2. The quantitative estimate of drug-likeness (QED) is 0.127. The van der Waals surface area contributed by atoms with Gasteiger partial charge in [0.05, 0.1) is 47.9 Å². The number of hydrogen-bond donors (Lipinski definition) is 0. The van der Waals surface area contributed by atoms with Crippen LogP contribution in [-0.2, 0) is 28.7 Å². The molecule has 0 saturated heterocycles. The summed E-state index contributed by atoms with van der Waals surface area (Å²) in [4.78, 5) is 104. The van der Waals surface area contributed by atoms with Crippen LogP contribution in [0.1, 0.15) is 55.3 Å². The summed E-state index contributed by atoms with van der Waals surface area (Å²) >= 11 is 33.6. The molecule has 2 unspecified atom stereocenters. The van der Waals surface area contributed by atoms with Crippen LogP contribution in [0.5, 0.6) is 0 Å². The molecule has 2 rings (SSSR count). The van der Waals surface area contributed by atoms with Gasteiger partial charge in [0.25, 0.3) is 32.8 Å². The van der Waals surface area contributed by atoms with Gasteiger partial charge in [-0.1, -0.05) is 0 Å². The fraction of sp³-hybridized carbons (Fsp3) is 0.231. The van der Waals surface area contributed by atoms with E-state index in [0.717, 1.165) is 23.6 Å². The van der Waals surface area contributed by atoms with Crippen molar-refractivity contribution in [1.82, 2.24) is 0 Å². The Balaban J connectivity index is 2.91. The van der Waals surface area contributed by atoms with E-state index in [9.17, 15) is 38.4 Å². The number of carbonyl (C=O) groups excluding carboxylic acids is 8. The lowest BCUT2D eigenvalue weighted by molar-refractivity contribution is -0.173. The molecule has 0 aliphatic carbocycles. The van der Waals surface area contributed by atoms with Crippen molar-refractivity contribution in [2.24, 2.45) is 0 Å². The van der Waals surface area contributed by atoms with E-state index in [2.05, 4.69) is 0 Å². The highest BCUT2D eigenvalue weighted by atomic mass is 127. The van der Waals surface area contributed by atoms with Crippen molar-refractivity contribution in [1.29, 1.82) is 0 Å². The Bertz CT molecular complexity index is 1610. The average Bonchev–Trinajstić information content (AvgIpc) is 2.92. The number of carbonyl (C=O) groups is 8. The second kappa shape index (κ2) is 18.5. The fourth-order valence-corrected chi connectivity index (χ4v) is 15.8. The highest BCUT2D eigenvalue weighted by Crippen LogP contribution is 2.41. The van der Waals surface area contributed by atoms with E-state index >= 15 is 0 Å². The summed E-state index contributed by atoms with van der Waals surface area (Å²) in [5.74, 6) is -4.40. The second-order valence-electron chi connectivity index (χ2n) is 9.03. The Morgan fingerprint density at radius 1 is 0.479 bits per heavy atom. The van der Waals surface area contributed by atoms with Crippen LogP contribution >= 0.6 is 182 Å². The third-order valence-electron chi connectivity index (χ3n) is 6.05. The maximum Gasteiger partial charge on any atom is 0.303 e. The third kappa shape index (κ3) is 9.55. The van der Waals surface area contributed by atoms with Gasteiger partial charge in [0, 0.05) is 35.1 Å². The Kier molecular flexibility index (Phi) is 17.3. The number of halogens is 10. The van der Waals surface area contributed by atoms with Gasteiger partial charge in [-0.05, 0) is 182 Å². The number of hydrogen-bond acceptors (Lipinski definition) is 10. The van der Waals surface area contributed by atoms with Crippen LogP contribution in [0, 0.1) is 21.4 Å². The molecule has 2 amide bonds. The largest absolute Gasteiger partial charge is 0.448 e. The standard InChI is InChI=1S/C26H14Cl4I6N2O10/c1-5(39)47-19(25(45)37(3)17-13(33)7(21(27)41)11(31)8(14(17)34)22(28)42)20(48-6(2)40)26(46)38(4)18-15(35)9(23(29)43)12(32)10(16(18)36)24(30)44/h19-20H,1-4H3. The normalized spacial score (nSPS) is 12.0. The first-order valence-electron chi connectivity index (χ1n) is 12.1. The molecule has 0 N–H and O–H groups in total. The second-order valence-corrected chi connectivity index (χ2v) is 16.9. The predicted molar refractivity (Wildman–Crippen MR) is 228 cm³/mol. The van der Waals surface area contributed by atoms with E-state index in [-0.39, 0.29) is 55.0 Å². The average molecular weight is 1420 g/mol. The van der Waals surface area contributed by atoms with Crippen LogP contribution in [0.4, 0.5) is 11.4 Å². The summed E-state index contributed by atoms with van der Waals surface area (Å²) in [7, 11) is 2.38. The van der Waals surface area contributed by atoms with Gasteiger partial charge in [-0.25, -0.2) is 0 Å². The molecule has 0 aliphatic heterocycles. The van der Waals surface area contributed by atoms with Gasteiger partial charge in [0.1, 0.15) is 0 Å². The lowest BCUT2D eigenvalue weighted by Gasteiger charge is -2.32. The summed E-state index contributed by atoms with van der Waals surface area (Å²) in [6, 6.07) is 0. The monoisotopic (exact) mass is 1420 g/mol. The number of anilines is 2. The molecule has 48 heavy (non-hydrogen) atoms. The zero-order valence-electron chi connectivity index (χ0n) is 23.9. The van der Waals surface area contributed by atoms with E-state index in [1.54, 1.807) is 136 Å². The van der Waals surface area contributed by atoms with Crippen LogP contribution in [0.15, 0.2) is 0 Å². The molecule has 0 saturated carbocycles. The highest BCUT2D eigenvalue weighted by molar-refractivity contribution is 14.1. The van der Waals surface area contributed by atoms with Crippen molar-refractivity contribution in [3.63, 3.8) is 0 Å². The van der Waals surface area contributed by atoms with Crippen molar-refractivity contribution in [2.45, 2.75) is 26.1 Å². The molecule has 0 heterocycles. The number of ether oxygens (including phenoxy) is 2. The summed E-state index contributed by atoms with van der Waals surface area (Å²) in [6.07, 6.45) is -4.32. The fourth-order valence-electron chi connectivity index (χ4n) is 4.02. The van der Waals surface area contributed by atoms with Gasteiger partial charge in [0.2, 0.25) is 12.2 Å². The van der Waals surface area contributed by atoms with Gasteiger partial charge in [-0.2, -0.15) is 0 Å². The van der Waals surface area contributed by atoms with Crippen molar-refractivity contribution in [3.8, 4) is 0 Å². The Morgan fingerprint density at radius 3 is 0.854 bits per heavy atom. The Labute approximate surface area is 373 Å². The maximum absolute atomic E-state index is 14.2. The summed E-state index contributed by atoms with van der Waals surface area (Å²) in [6.45, 7) is 1.88. The minimum atomic E-state index is -2.16. The molecule has 22 heteroatoms. The SMILES string of the molecule is CC(=O)OC(C(=O)N(C)c1c(I)c(C(=O)Cl)c(I)c(C(=O)Cl)c1I)C(OC(C)=O)C(=O)N(C)c1c(I)c(C(=O)Cl)c(I)c(C(=O)Cl)c1I. The lowest BCUT2D eigenvalue weighted by atomic mass is 10.1. The molecular weight excluding hydrogens is 1400 g/mol. The van der Waals surface area contributed by atoms with E-state index in [0.29, 0.717) is 0 Å². The first-order chi connectivity index (χ1) is 22.0. The molecule has 2 aromatic carbocycles. The summed E-state index contributed by atoms with van der Waals surface area (Å²) in [5, 5.41) is -3.89. The number of esters is 2. The van der Waals surface area contributed by atoms with Crippen molar-refractivity contribution in [3.05, 3.63) is 43.7 Å². The number of likely N-dealkylation sites (N-methyl/N-ethyl adjacent to an activating group) is 2. The van der Waals surface area contributed by atoms with Crippen molar-refractivity contribution in [2.75, 3.05) is 23.9 Å². The molecule has 0 aliphatic rings. The highest BCUT2D eigenvalue weighted by Gasteiger charge is 2.45. The third-order valence-corrected chi connectivity index (χ3v) is 13.2. The van der Waals surface area contributed by atoms with Gasteiger partial charge < -0.3 is 19.3 Å². The Hall–Kier alpha value is 0.540. The van der Waals surface area contributed by atoms with E-state index in [1.165, 1.54) is 14.1 Å². The topological polar surface area (TPSA) is 162 Å². The zero-order valence-corrected chi connectivity index (χ0v) is 39.9. The van der Waals surface area contributed by atoms with Crippen molar-refractivity contribution < 1.29 is 47.8 Å². The van der Waals surface area contributed by atoms with Gasteiger partial charge in [0.15, 0.2) is 0 Å². The van der Waals surface area contributed by atoms with Crippen LogP contribution in [0.25, 0.3) is 0 Å². The molecule has 2 aromatic rings. The van der Waals surface area contributed by atoms with E-state index in [1.807, 2.05) is 0 Å². The first-order valence-corrected chi connectivity index (χ1v) is 20.1. The van der Waals surface area contributed by atoms with E-state index < -0.39 is 56.9 Å². The lowest BCUT2D eigenvalue weighted by Crippen LogP contribution is -2.54. The zero-order chi connectivity index (χ0) is 37.3. The molecule has 0 aromatic heterocycles. The van der Waals surface area contributed by atoms with Crippen LogP contribution in [0.2, 0.25) is 0 Å². The van der Waals surface area contributed by atoms with Crippen molar-refractivity contribution >= 4 is 238 Å². The summed E-state index contributed by atoms with van der Waals surface area (Å²) < 4.78 is 11.2. The smallest absolute Gasteiger partial charge is 0.303 e. The van der Waals surface area contributed by atoms with Gasteiger partial charge in [-0.15, -0.1) is 0 Å².